The number of allylic oxidation sites excluding steroid dienone is 1. The van der Waals surface area contributed by atoms with Gasteiger partial charge in [-0.2, -0.15) is 0 Å². The molecular formula is C16H21N3O2. The van der Waals surface area contributed by atoms with Gasteiger partial charge in [0.1, 0.15) is 11.4 Å². The van der Waals surface area contributed by atoms with Gasteiger partial charge in [-0.05, 0) is 39.7 Å². The Morgan fingerprint density at radius 1 is 1.29 bits per heavy atom. The Balaban J connectivity index is 1.58. The largest absolute Gasteiger partial charge is 0.444 e. The monoisotopic (exact) mass is 287 g/mol. The molecule has 1 aliphatic carbocycles. The Morgan fingerprint density at radius 3 is 2.38 bits per heavy atom. The Labute approximate surface area is 125 Å². The molecule has 112 valence electrons. The molecule has 1 amide bonds. The van der Waals surface area contributed by atoms with Crippen LogP contribution in [0.5, 0.6) is 0 Å². The van der Waals surface area contributed by atoms with Gasteiger partial charge in [-0.25, -0.2) is 14.8 Å². The Morgan fingerprint density at radius 2 is 1.86 bits per heavy atom. The molecule has 5 heteroatoms. The van der Waals surface area contributed by atoms with Crippen LogP contribution in [0.3, 0.4) is 0 Å². The van der Waals surface area contributed by atoms with Crippen molar-refractivity contribution in [3.05, 3.63) is 29.9 Å². The van der Waals surface area contributed by atoms with Gasteiger partial charge in [0.05, 0.1) is 0 Å². The smallest absolute Gasteiger partial charge is 0.410 e. The van der Waals surface area contributed by atoms with E-state index in [1.165, 1.54) is 5.57 Å². The zero-order chi connectivity index (χ0) is 15.3. The fourth-order valence-corrected chi connectivity index (χ4v) is 2.84. The third-order valence-electron chi connectivity index (χ3n) is 3.84. The molecule has 2 heterocycles. The summed E-state index contributed by atoms with van der Waals surface area (Å²) in [4.78, 5) is 22.1. The number of nitrogens with zero attached hydrogens (tertiary/aromatic N) is 3. The highest BCUT2D eigenvalue weighted by Crippen LogP contribution is 2.50. The van der Waals surface area contributed by atoms with Crippen molar-refractivity contribution in [3.63, 3.8) is 0 Å². The first kappa shape index (κ1) is 14.0. The number of carbonyl (C=O) groups is 1. The molecule has 1 aliphatic heterocycles. The van der Waals surface area contributed by atoms with E-state index in [2.05, 4.69) is 16.0 Å². The Bertz CT molecular complexity index is 593. The van der Waals surface area contributed by atoms with Crippen LogP contribution in [0.15, 0.2) is 18.5 Å². The lowest BCUT2D eigenvalue weighted by Gasteiger charge is -2.53. The van der Waals surface area contributed by atoms with Gasteiger partial charge in [0.25, 0.3) is 0 Å². The normalized spacial score (nSPS) is 19.6. The number of amides is 1. The van der Waals surface area contributed by atoms with Crippen molar-refractivity contribution >= 4 is 11.7 Å². The van der Waals surface area contributed by atoms with E-state index < -0.39 is 5.60 Å². The van der Waals surface area contributed by atoms with Crippen LogP contribution in [0, 0.1) is 12.3 Å². The number of aryl methyl sites for hydroxylation is 1. The van der Waals surface area contributed by atoms with Gasteiger partial charge in [0.15, 0.2) is 0 Å². The van der Waals surface area contributed by atoms with Crippen LogP contribution in [0.4, 0.5) is 4.79 Å². The van der Waals surface area contributed by atoms with Crippen LogP contribution in [-0.4, -0.2) is 39.7 Å². The van der Waals surface area contributed by atoms with Crippen LogP contribution in [-0.2, 0) is 4.74 Å². The number of hydrogen-bond acceptors (Lipinski definition) is 4. The van der Waals surface area contributed by atoms with Gasteiger partial charge >= 0.3 is 6.09 Å². The van der Waals surface area contributed by atoms with E-state index in [1.54, 1.807) is 4.90 Å². The minimum absolute atomic E-state index is 0.150. The van der Waals surface area contributed by atoms with E-state index in [1.807, 2.05) is 40.1 Å². The van der Waals surface area contributed by atoms with Gasteiger partial charge in [-0.15, -0.1) is 0 Å². The molecule has 5 nitrogen and oxygen atoms in total. The van der Waals surface area contributed by atoms with E-state index >= 15 is 0 Å². The Kier molecular flexibility index (Phi) is 3.04. The SMILES string of the molecule is Cc1ncc(C2=CC3(C2)CN(C(=O)OC(C)(C)C)C3)cn1. The number of hydrogen-bond donors (Lipinski definition) is 0. The minimum Gasteiger partial charge on any atom is -0.444 e. The molecule has 2 aliphatic rings. The maximum absolute atomic E-state index is 11.9. The molecule has 1 saturated heterocycles. The molecule has 21 heavy (non-hydrogen) atoms. The standard InChI is InChI=1S/C16H21N3O2/c1-11-17-7-13(8-18-11)12-5-16(6-12)9-19(10-16)14(20)21-15(2,3)4/h5,7-8H,6,9-10H2,1-4H3. The molecule has 1 aromatic rings. The highest BCUT2D eigenvalue weighted by atomic mass is 16.6. The van der Waals surface area contributed by atoms with Crippen LogP contribution >= 0.6 is 0 Å². The maximum Gasteiger partial charge on any atom is 0.410 e. The zero-order valence-electron chi connectivity index (χ0n) is 13.0. The average Bonchev–Trinajstić information content (AvgIpc) is 2.25. The van der Waals surface area contributed by atoms with Crippen molar-refractivity contribution < 1.29 is 9.53 Å². The molecule has 1 aromatic heterocycles. The van der Waals surface area contributed by atoms with Crippen molar-refractivity contribution in [2.24, 2.45) is 5.41 Å². The fraction of sp³-hybridized carbons (Fsp3) is 0.562. The predicted octanol–water partition coefficient (Wildman–Crippen LogP) is 2.81. The summed E-state index contributed by atoms with van der Waals surface area (Å²) in [5.41, 5.74) is 2.08. The van der Waals surface area contributed by atoms with E-state index in [-0.39, 0.29) is 11.5 Å². The summed E-state index contributed by atoms with van der Waals surface area (Å²) in [6, 6.07) is 0. The van der Waals surface area contributed by atoms with Gasteiger partial charge in [0.2, 0.25) is 0 Å². The van der Waals surface area contributed by atoms with Gasteiger partial charge < -0.3 is 9.64 Å². The van der Waals surface area contributed by atoms with Crippen LogP contribution < -0.4 is 0 Å². The predicted molar refractivity (Wildman–Crippen MR) is 79.6 cm³/mol. The highest BCUT2D eigenvalue weighted by molar-refractivity contribution is 5.76. The summed E-state index contributed by atoms with van der Waals surface area (Å²) in [6.07, 6.45) is 6.76. The first-order chi connectivity index (χ1) is 9.76. The summed E-state index contributed by atoms with van der Waals surface area (Å²) in [5, 5.41) is 0. The molecule has 0 N–H and O–H groups in total. The molecule has 0 unspecified atom stereocenters. The maximum atomic E-state index is 11.9. The van der Waals surface area contributed by atoms with E-state index in [9.17, 15) is 4.79 Å². The number of carbonyl (C=O) groups excluding carboxylic acids is 1. The first-order valence-corrected chi connectivity index (χ1v) is 7.25. The second kappa shape index (κ2) is 4.55. The van der Waals surface area contributed by atoms with Crippen molar-refractivity contribution in [1.82, 2.24) is 14.9 Å². The van der Waals surface area contributed by atoms with Crippen LogP contribution in [0.2, 0.25) is 0 Å². The zero-order valence-corrected chi connectivity index (χ0v) is 13.0. The van der Waals surface area contributed by atoms with Crippen molar-refractivity contribution in [2.45, 2.75) is 39.7 Å². The summed E-state index contributed by atoms with van der Waals surface area (Å²) in [7, 11) is 0. The number of aromatic nitrogens is 2. The quantitative estimate of drug-likeness (QED) is 0.797. The molecule has 3 rings (SSSR count). The molecule has 0 bridgehead atoms. The molecule has 0 saturated carbocycles. The van der Waals surface area contributed by atoms with Crippen molar-refractivity contribution in [3.8, 4) is 0 Å². The molecule has 1 spiro atoms. The molecule has 1 fully saturated rings. The number of rotatable bonds is 1. The van der Waals surface area contributed by atoms with Crippen molar-refractivity contribution in [2.75, 3.05) is 13.1 Å². The van der Waals surface area contributed by atoms with Gasteiger partial charge in [-0.3, -0.25) is 0 Å². The summed E-state index contributed by atoms with van der Waals surface area (Å²) < 4.78 is 5.37. The first-order valence-electron chi connectivity index (χ1n) is 7.25. The second-order valence-electron chi connectivity index (χ2n) is 7.06. The lowest BCUT2D eigenvalue weighted by Crippen LogP contribution is -2.60. The van der Waals surface area contributed by atoms with E-state index in [4.69, 9.17) is 4.74 Å². The van der Waals surface area contributed by atoms with Gasteiger partial charge in [-0.1, -0.05) is 6.08 Å². The molecular weight excluding hydrogens is 266 g/mol. The highest BCUT2D eigenvalue weighted by Gasteiger charge is 2.50. The lowest BCUT2D eigenvalue weighted by atomic mass is 9.64. The summed E-state index contributed by atoms with van der Waals surface area (Å²) >= 11 is 0. The van der Waals surface area contributed by atoms with Crippen LogP contribution in [0.1, 0.15) is 38.6 Å². The summed E-state index contributed by atoms with van der Waals surface area (Å²) in [5.74, 6) is 0.785. The molecule has 0 aromatic carbocycles. The molecule has 0 atom stereocenters. The minimum atomic E-state index is -0.431. The average molecular weight is 287 g/mol. The molecule has 0 radical (unpaired) electrons. The third-order valence-corrected chi connectivity index (χ3v) is 3.84. The van der Waals surface area contributed by atoms with Gasteiger partial charge in [0, 0.05) is 36.5 Å². The van der Waals surface area contributed by atoms with E-state index in [0.717, 1.165) is 30.9 Å². The van der Waals surface area contributed by atoms with E-state index in [0.29, 0.717) is 0 Å². The second-order valence-corrected chi connectivity index (χ2v) is 7.06. The fourth-order valence-electron chi connectivity index (χ4n) is 2.84. The van der Waals surface area contributed by atoms with Crippen molar-refractivity contribution in [1.29, 1.82) is 0 Å². The number of likely N-dealkylation sites (tertiary alicyclic amines) is 1. The Hall–Kier alpha value is -1.91. The topological polar surface area (TPSA) is 55.3 Å². The lowest BCUT2D eigenvalue weighted by molar-refractivity contribution is -0.0207. The van der Waals surface area contributed by atoms with Crippen LogP contribution in [0.25, 0.3) is 5.57 Å². The number of ether oxygens (including phenoxy) is 1. The third kappa shape index (κ3) is 2.77. The summed E-state index contributed by atoms with van der Waals surface area (Å²) in [6.45, 7) is 9.04.